The van der Waals surface area contributed by atoms with Gasteiger partial charge in [-0.15, -0.1) is 0 Å². The zero-order valence-electron chi connectivity index (χ0n) is 13.4. The number of likely N-dealkylation sites (tertiary alicyclic amines) is 1. The zero-order chi connectivity index (χ0) is 14.5. The summed E-state index contributed by atoms with van der Waals surface area (Å²) < 4.78 is 0. The van der Waals surface area contributed by atoms with E-state index in [0.29, 0.717) is 6.04 Å². The van der Waals surface area contributed by atoms with Crippen LogP contribution in [0.2, 0.25) is 0 Å². The second-order valence-electron chi connectivity index (χ2n) is 7.00. The molecule has 19 heavy (non-hydrogen) atoms. The molecule has 4 nitrogen and oxygen atoms in total. The van der Waals surface area contributed by atoms with Crippen LogP contribution in [0.1, 0.15) is 33.6 Å². The molecule has 2 N–H and O–H groups in total. The van der Waals surface area contributed by atoms with Crippen LogP contribution in [-0.4, -0.2) is 73.4 Å². The van der Waals surface area contributed by atoms with Gasteiger partial charge in [-0.25, -0.2) is 0 Å². The Labute approximate surface area is 119 Å². The molecule has 4 heteroatoms. The van der Waals surface area contributed by atoms with E-state index in [1.165, 1.54) is 19.4 Å². The predicted octanol–water partition coefficient (Wildman–Crippen LogP) is 1.01. The van der Waals surface area contributed by atoms with Gasteiger partial charge in [0.2, 0.25) is 0 Å². The Morgan fingerprint density at radius 3 is 2.32 bits per heavy atom. The van der Waals surface area contributed by atoms with Gasteiger partial charge in [0.25, 0.3) is 0 Å². The molecule has 0 bridgehead atoms. The number of aliphatic hydroxyl groups is 1. The highest BCUT2D eigenvalue weighted by Crippen LogP contribution is 2.19. The Balaban J connectivity index is 2.38. The lowest BCUT2D eigenvalue weighted by Gasteiger charge is -2.40. The lowest BCUT2D eigenvalue weighted by atomic mass is 9.94. The van der Waals surface area contributed by atoms with Crippen LogP contribution in [0.3, 0.4) is 0 Å². The Bertz CT molecular complexity index is 250. The lowest BCUT2D eigenvalue weighted by Crippen LogP contribution is -2.57. The molecule has 0 aliphatic carbocycles. The van der Waals surface area contributed by atoms with E-state index < -0.39 is 0 Å². The number of hydrogen-bond donors (Lipinski definition) is 2. The minimum absolute atomic E-state index is 0.178. The van der Waals surface area contributed by atoms with Gasteiger partial charge in [-0.3, -0.25) is 0 Å². The highest BCUT2D eigenvalue weighted by Gasteiger charge is 2.29. The SMILES string of the molecule is CC(C)NC(C)(CO)CN1CCC(CN(C)C)CC1. The molecular formula is C15H33N3O. The van der Waals surface area contributed by atoms with Crippen LogP contribution in [-0.2, 0) is 0 Å². The molecule has 0 saturated carbocycles. The maximum Gasteiger partial charge on any atom is 0.0623 e. The van der Waals surface area contributed by atoms with Crippen molar-refractivity contribution in [1.29, 1.82) is 0 Å². The summed E-state index contributed by atoms with van der Waals surface area (Å²) in [5.74, 6) is 0.838. The lowest BCUT2D eigenvalue weighted by molar-refractivity contribution is 0.0867. The number of nitrogens with one attached hydrogen (secondary N) is 1. The topological polar surface area (TPSA) is 38.7 Å². The third-order valence-corrected chi connectivity index (χ3v) is 3.89. The first-order chi connectivity index (χ1) is 8.84. The molecule has 1 aliphatic heterocycles. The second-order valence-corrected chi connectivity index (χ2v) is 7.00. The first-order valence-corrected chi connectivity index (χ1v) is 7.60. The average molecular weight is 271 g/mol. The van der Waals surface area contributed by atoms with Crippen molar-refractivity contribution in [3.63, 3.8) is 0 Å². The first-order valence-electron chi connectivity index (χ1n) is 7.60. The van der Waals surface area contributed by atoms with E-state index in [2.05, 4.69) is 50.0 Å². The van der Waals surface area contributed by atoms with Gasteiger partial charge in [0.1, 0.15) is 0 Å². The van der Waals surface area contributed by atoms with Gasteiger partial charge < -0.3 is 20.2 Å². The highest BCUT2D eigenvalue weighted by atomic mass is 16.3. The van der Waals surface area contributed by atoms with Crippen LogP contribution in [0.4, 0.5) is 0 Å². The Morgan fingerprint density at radius 1 is 1.32 bits per heavy atom. The van der Waals surface area contributed by atoms with Crippen LogP contribution in [0, 0.1) is 5.92 Å². The zero-order valence-corrected chi connectivity index (χ0v) is 13.4. The minimum atomic E-state index is -0.178. The monoisotopic (exact) mass is 271 g/mol. The predicted molar refractivity (Wildman–Crippen MR) is 81.5 cm³/mol. The fraction of sp³-hybridized carbons (Fsp3) is 1.00. The van der Waals surface area contributed by atoms with E-state index in [9.17, 15) is 5.11 Å². The molecule has 1 saturated heterocycles. The molecule has 1 atom stereocenters. The molecule has 1 rings (SSSR count). The largest absolute Gasteiger partial charge is 0.394 e. The van der Waals surface area contributed by atoms with Gasteiger partial charge in [-0.05, 0) is 52.9 Å². The maximum absolute atomic E-state index is 9.64. The quantitative estimate of drug-likeness (QED) is 0.725. The third kappa shape index (κ3) is 6.21. The van der Waals surface area contributed by atoms with Crippen molar-refractivity contribution in [2.75, 3.05) is 46.9 Å². The highest BCUT2D eigenvalue weighted by molar-refractivity contribution is 4.89. The molecule has 0 aromatic carbocycles. The molecule has 0 spiro atoms. The van der Waals surface area contributed by atoms with Gasteiger partial charge in [-0.1, -0.05) is 13.8 Å². The molecular weight excluding hydrogens is 238 g/mol. The summed E-state index contributed by atoms with van der Waals surface area (Å²) in [6.45, 7) is 11.1. The molecule has 114 valence electrons. The summed E-state index contributed by atoms with van der Waals surface area (Å²) in [4.78, 5) is 4.79. The number of rotatable bonds is 7. The number of aliphatic hydroxyl groups excluding tert-OH is 1. The van der Waals surface area contributed by atoms with E-state index in [1.54, 1.807) is 0 Å². The summed E-state index contributed by atoms with van der Waals surface area (Å²) in [5, 5.41) is 13.1. The van der Waals surface area contributed by atoms with Crippen molar-refractivity contribution in [3.05, 3.63) is 0 Å². The van der Waals surface area contributed by atoms with Gasteiger partial charge in [-0.2, -0.15) is 0 Å². The molecule has 0 amide bonds. The van der Waals surface area contributed by atoms with Crippen LogP contribution < -0.4 is 5.32 Å². The van der Waals surface area contributed by atoms with Gasteiger partial charge in [0.15, 0.2) is 0 Å². The van der Waals surface area contributed by atoms with E-state index in [-0.39, 0.29) is 12.1 Å². The molecule has 1 unspecified atom stereocenters. The Morgan fingerprint density at radius 2 is 1.89 bits per heavy atom. The van der Waals surface area contributed by atoms with Crippen molar-refractivity contribution >= 4 is 0 Å². The molecule has 0 aromatic heterocycles. The van der Waals surface area contributed by atoms with Gasteiger partial charge in [0, 0.05) is 19.1 Å². The smallest absolute Gasteiger partial charge is 0.0623 e. The normalized spacial score (nSPS) is 22.1. The van der Waals surface area contributed by atoms with Crippen LogP contribution in [0.5, 0.6) is 0 Å². The molecule has 0 radical (unpaired) electrons. The van der Waals surface area contributed by atoms with Crippen LogP contribution in [0.25, 0.3) is 0 Å². The summed E-state index contributed by atoms with van der Waals surface area (Å²) >= 11 is 0. The molecule has 0 aromatic rings. The van der Waals surface area contributed by atoms with Crippen molar-refractivity contribution in [2.24, 2.45) is 5.92 Å². The van der Waals surface area contributed by atoms with Crippen molar-refractivity contribution in [1.82, 2.24) is 15.1 Å². The summed E-state index contributed by atoms with van der Waals surface area (Å²) in [6, 6.07) is 0.406. The van der Waals surface area contributed by atoms with E-state index in [1.807, 2.05) is 0 Å². The molecule has 1 fully saturated rings. The first kappa shape index (κ1) is 16.9. The fourth-order valence-electron chi connectivity index (χ4n) is 3.18. The third-order valence-electron chi connectivity index (χ3n) is 3.89. The summed E-state index contributed by atoms with van der Waals surface area (Å²) in [5.41, 5.74) is -0.178. The molecule has 1 heterocycles. The van der Waals surface area contributed by atoms with Crippen molar-refractivity contribution in [2.45, 2.75) is 45.2 Å². The molecule has 1 aliphatic rings. The fourth-order valence-corrected chi connectivity index (χ4v) is 3.18. The van der Waals surface area contributed by atoms with Crippen molar-refractivity contribution < 1.29 is 5.11 Å². The Kier molecular flexibility index (Phi) is 6.74. The number of nitrogens with zero attached hydrogens (tertiary/aromatic N) is 2. The maximum atomic E-state index is 9.64. The number of hydrogen-bond acceptors (Lipinski definition) is 4. The second kappa shape index (κ2) is 7.58. The van der Waals surface area contributed by atoms with Gasteiger partial charge in [0.05, 0.1) is 12.1 Å². The average Bonchev–Trinajstić information content (AvgIpc) is 2.30. The summed E-state index contributed by atoms with van der Waals surface area (Å²) in [6.07, 6.45) is 2.56. The number of piperidine rings is 1. The Hall–Kier alpha value is -0.160. The van der Waals surface area contributed by atoms with E-state index in [4.69, 9.17) is 0 Å². The van der Waals surface area contributed by atoms with E-state index >= 15 is 0 Å². The minimum Gasteiger partial charge on any atom is -0.394 e. The van der Waals surface area contributed by atoms with Gasteiger partial charge >= 0.3 is 0 Å². The standard InChI is InChI=1S/C15H33N3O/c1-13(2)16-15(3,12-19)11-18-8-6-14(7-9-18)10-17(4)5/h13-14,16,19H,6-12H2,1-5H3. The van der Waals surface area contributed by atoms with Crippen LogP contribution in [0.15, 0.2) is 0 Å². The van der Waals surface area contributed by atoms with Crippen LogP contribution >= 0.6 is 0 Å². The summed E-state index contributed by atoms with van der Waals surface area (Å²) in [7, 11) is 4.31. The van der Waals surface area contributed by atoms with E-state index in [0.717, 1.165) is 25.6 Å². The van der Waals surface area contributed by atoms with Crippen molar-refractivity contribution in [3.8, 4) is 0 Å².